The number of aromatic carboxylic acids is 1. The third-order valence-corrected chi connectivity index (χ3v) is 2.27. The van der Waals surface area contributed by atoms with Gasteiger partial charge in [-0.1, -0.05) is 11.6 Å². The second kappa shape index (κ2) is 3.74. The first kappa shape index (κ1) is 9.73. The molecule has 0 atom stereocenters. The summed E-state index contributed by atoms with van der Waals surface area (Å²) in [5.74, 6) is -0.993. The monoisotopic (exact) mass is 222 g/mol. The standard InChI is InChI=1S/C10H7ClN2O2/c11-7-6-12-4-3-8(7)13-5-1-2-9(13)10(14)15/h1-6H,(H,14,15). The molecule has 0 aliphatic heterocycles. The van der Waals surface area contributed by atoms with E-state index in [9.17, 15) is 4.79 Å². The molecule has 1 N–H and O–H groups in total. The van der Waals surface area contributed by atoms with Gasteiger partial charge >= 0.3 is 5.97 Å². The Balaban J connectivity index is 2.59. The van der Waals surface area contributed by atoms with E-state index < -0.39 is 5.97 Å². The van der Waals surface area contributed by atoms with Crippen molar-refractivity contribution in [2.24, 2.45) is 0 Å². The number of carboxylic acids is 1. The summed E-state index contributed by atoms with van der Waals surface area (Å²) in [6.07, 6.45) is 4.68. The average Bonchev–Trinajstić information content (AvgIpc) is 2.67. The minimum atomic E-state index is -0.993. The number of pyridine rings is 1. The van der Waals surface area contributed by atoms with Crippen molar-refractivity contribution in [3.8, 4) is 5.69 Å². The van der Waals surface area contributed by atoms with Crippen LogP contribution in [0.25, 0.3) is 5.69 Å². The van der Waals surface area contributed by atoms with Crippen molar-refractivity contribution in [2.45, 2.75) is 0 Å². The Morgan fingerprint density at radius 3 is 2.93 bits per heavy atom. The van der Waals surface area contributed by atoms with E-state index in [4.69, 9.17) is 16.7 Å². The number of carbonyl (C=O) groups is 1. The van der Waals surface area contributed by atoms with Crippen molar-refractivity contribution in [2.75, 3.05) is 0 Å². The number of hydrogen-bond acceptors (Lipinski definition) is 2. The summed E-state index contributed by atoms with van der Waals surface area (Å²) in [6, 6.07) is 4.83. The molecule has 15 heavy (non-hydrogen) atoms. The Labute approximate surface area is 90.8 Å². The fraction of sp³-hybridized carbons (Fsp3) is 0. The van der Waals surface area contributed by atoms with Crippen LogP contribution >= 0.6 is 11.6 Å². The second-order valence-corrected chi connectivity index (χ2v) is 3.30. The van der Waals surface area contributed by atoms with E-state index in [-0.39, 0.29) is 5.69 Å². The Hall–Kier alpha value is -1.81. The zero-order chi connectivity index (χ0) is 10.8. The summed E-state index contributed by atoms with van der Waals surface area (Å²) in [6.45, 7) is 0. The highest BCUT2D eigenvalue weighted by Crippen LogP contribution is 2.20. The van der Waals surface area contributed by atoms with Crippen molar-refractivity contribution in [3.05, 3.63) is 47.5 Å². The highest BCUT2D eigenvalue weighted by atomic mass is 35.5. The fourth-order valence-corrected chi connectivity index (χ4v) is 1.54. The first-order valence-corrected chi connectivity index (χ1v) is 4.58. The van der Waals surface area contributed by atoms with Gasteiger partial charge in [0.25, 0.3) is 0 Å². The Bertz CT molecular complexity index is 508. The molecular formula is C10H7ClN2O2. The summed E-state index contributed by atoms with van der Waals surface area (Å²) in [7, 11) is 0. The van der Waals surface area contributed by atoms with Gasteiger partial charge in [0.2, 0.25) is 0 Å². The van der Waals surface area contributed by atoms with Crippen LogP contribution in [0.15, 0.2) is 36.8 Å². The molecule has 0 spiro atoms. The zero-order valence-corrected chi connectivity index (χ0v) is 8.35. The van der Waals surface area contributed by atoms with Gasteiger partial charge < -0.3 is 9.67 Å². The van der Waals surface area contributed by atoms with E-state index in [0.717, 1.165) is 0 Å². The van der Waals surface area contributed by atoms with Crippen LogP contribution in [0.4, 0.5) is 0 Å². The van der Waals surface area contributed by atoms with E-state index in [2.05, 4.69) is 4.98 Å². The van der Waals surface area contributed by atoms with Crippen molar-refractivity contribution in [3.63, 3.8) is 0 Å². The molecule has 0 fully saturated rings. The van der Waals surface area contributed by atoms with Gasteiger partial charge in [0.15, 0.2) is 0 Å². The third-order valence-electron chi connectivity index (χ3n) is 1.98. The van der Waals surface area contributed by atoms with Crippen LogP contribution in [0.1, 0.15) is 10.5 Å². The lowest BCUT2D eigenvalue weighted by Gasteiger charge is -2.07. The first-order valence-electron chi connectivity index (χ1n) is 4.20. The number of hydrogen-bond donors (Lipinski definition) is 1. The first-order chi connectivity index (χ1) is 7.20. The molecule has 2 aromatic heterocycles. The van der Waals surface area contributed by atoms with Crippen LogP contribution in [0, 0.1) is 0 Å². The number of carboxylic acid groups (broad SMARTS) is 1. The minimum Gasteiger partial charge on any atom is -0.477 e. The van der Waals surface area contributed by atoms with Gasteiger partial charge in [-0.05, 0) is 18.2 Å². The maximum absolute atomic E-state index is 10.9. The summed E-state index contributed by atoms with van der Waals surface area (Å²) in [5, 5.41) is 9.34. The van der Waals surface area contributed by atoms with Crippen LogP contribution < -0.4 is 0 Å². The van der Waals surface area contributed by atoms with Crippen molar-refractivity contribution in [1.82, 2.24) is 9.55 Å². The van der Waals surface area contributed by atoms with Gasteiger partial charge in [0, 0.05) is 18.6 Å². The molecule has 2 rings (SSSR count). The lowest BCUT2D eigenvalue weighted by atomic mass is 10.3. The Morgan fingerprint density at radius 2 is 2.27 bits per heavy atom. The van der Waals surface area contributed by atoms with Gasteiger partial charge in [-0.3, -0.25) is 4.98 Å². The maximum atomic E-state index is 10.9. The number of halogens is 1. The molecule has 2 aromatic rings. The molecule has 5 heteroatoms. The summed E-state index contributed by atoms with van der Waals surface area (Å²) in [5.41, 5.74) is 0.775. The topological polar surface area (TPSA) is 55.1 Å². The third kappa shape index (κ3) is 1.71. The molecule has 0 aliphatic carbocycles. The maximum Gasteiger partial charge on any atom is 0.352 e. The molecule has 0 saturated carbocycles. The molecular weight excluding hydrogens is 216 g/mol. The normalized spacial score (nSPS) is 10.2. The molecule has 76 valence electrons. The largest absolute Gasteiger partial charge is 0.477 e. The molecule has 0 bridgehead atoms. The highest BCUT2D eigenvalue weighted by Gasteiger charge is 2.11. The molecule has 0 unspecified atom stereocenters. The van der Waals surface area contributed by atoms with Gasteiger partial charge in [0.1, 0.15) is 5.69 Å². The lowest BCUT2D eigenvalue weighted by Crippen LogP contribution is -2.06. The van der Waals surface area contributed by atoms with E-state index in [1.165, 1.54) is 16.8 Å². The van der Waals surface area contributed by atoms with E-state index in [1.54, 1.807) is 24.5 Å². The number of aromatic nitrogens is 2. The summed E-state index contributed by atoms with van der Waals surface area (Å²) < 4.78 is 1.51. The van der Waals surface area contributed by atoms with Crippen LogP contribution in [-0.4, -0.2) is 20.6 Å². The highest BCUT2D eigenvalue weighted by molar-refractivity contribution is 6.32. The molecule has 0 aliphatic rings. The molecule has 4 nitrogen and oxygen atoms in total. The molecule has 0 amide bonds. The zero-order valence-electron chi connectivity index (χ0n) is 7.59. The van der Waals surface area contributed by atoms with E-state index in [0.29, 0.717) is 10.7 Å². The van der Waals surface area contributed by atoms with Crippen molar-refractivity contribution >= 4 is 17.6 Å². The average molecular weight is 223 g/mol. The van der Waals surface area contributed by atoms with Crippen molar-refractivity contribution < 1.29 is 9.90 Å². The van der Waals surface area contributed by atoms with E-state index >= 15 is 0 Å². The molecule has 0 aromatic carbocycles. The fourth-order valence-electron chi connectivity index (χ4n) is 1.33. The van der Waals surface area contributed by atoms with Crippen molar-refractivity contribution in [1.29, 1.82) is 0 Å². The quantitative estimate of drug-likeness (QED) is 0.848. The Morgan fingerprint density at radius 1 is 1.47 bits per heavy atom. The lowest BCUT2D eigenvalue weighted by molar-refractivity contribution is 0.0688. The number of nitrogens with zero attached hydrogens (tertiary/aromatic N) is 2. The summed E-state index contributed by atoms with van der Waals surface area (Å²) >= 11 is 5.92. The van der Waals surface area contributed by atoms with Crippen LogP contribution in [0.3, 0.4) is 0 Å². The minimum absolute atomic E-state index is 0.170. The van der Waals surface area contributed by atoms with Crippen LogP contribution in [0.2, 0.25) is 5.02 Å². The SMILES string of the molecule is O=C(O)c1cccn1-c1ccncc1Cl. The smallest absolute Gasteiger partial charge is 0.352 e. The molecule has 0 saturated heterocycles. The van der Waals surface area contributed by atoms with Gasteiger partial charge in [-0.2, -0.15) is 0 Å². The molecule has 0 radical (unpaired) electrons. The summed E-state index contributed by atoms with van der Waals surface area (Å²) in [4.78, 5) is 14.7. The van der Waals surface area contributed by atoms with Crippen LogP contribution in [-0.2, 0) is 0 Å². The molecule has 2 heterocycles. The van der Waals surface area contributed by atoms with Gasteiger partial charge in [0.05, 0.1) is 10.7 Å². The second-order valence-electron chi connectivity index (χ2n) is 2.90. The van der Waals surface area contributed by atoms with E-state index in [1.807, 2.05) is 0 Å². The predicted molar refractivity (Wildman–Crippen MR) is 55.5 cm³/mol. The van der Waals surface area contributed by atoms with Gasteiger partial charge in [-0.25, -0.2) is 4.79 Å². The van der Waals surface area contributed by atoms with Gasteiger partial charge in [-0.15, -0.1) is 0 Å². The Kier molecular flexibility index (Phi) is 2.43. The number of rotatable bonds is 2. The predicted octanol–water partition coefficient (Wildman–Crippen LogP) is 2.22. The van der Waals surface area contributed by atoms with Crippen LogP contribution in [0.5, 0.6) is 0 Å².